The van der Waals surface area contributed by atoms with Crippen LogP contribution in [0.3, 0.4) is 0 Å². The van der Waals surface area contributed by atoms with Gasteiger partial charge in [0.25, 0.3) is 0 Å². The molecular weight excluding hydrogens is 260 g/mol. The van der Waals surface area contributed by atoms with E-state index in [0.29, 0.717) is 6.54 Å². The molecule has 2 heterocycles. The predicted molar refractivity (Wildman–Crippen MR) is 78.1 cm³/mol. The number of carbonyl (C=O) groups is 1. The van der Waals surface area contributed by atoms with Crippen molar-refractivity contribution in [2.45, 2.75) is 6.42 Å². The lowest BCUT2D eigenvalue weighted by atomic mass is 10.3. The second-order valence-electron chi connectivity index (χ2n) is 4.59. The van der Waals surface area contributed by atoms with E-state index in [9.17, 15) is 4.79 Å². The Hall–Kier alpha value is -1.17. The van der Waals surface area contributed by atoms with E-state index in [1.165, 1.54) is 0 Å². The zero-order valence-electron chi connectivity index (χ0n) is 11.0. The normalized spacial score (nSPS) is 17.8. The number of amides is 1. The molecule has 0 unspecified atom stereocenters. The number of hydrogen-bond acceptors (Lipinski definition) is 4. The van der Waals surface area contributed by atoms with Gasteiger partial charge in [0.1, 0.15) is 0 Å². The molecule has 0 aromatic carbocycles. The van der Waals surface area contributed by atoms with E-state index >= 15 is 0 Å². The summed E-state index contributed by atoms with van der Waals surface area (Å²) in [6, 6.07) is 3.98. The zero-order chi connectivity index (χ0) is 13.5. The van der Waals surface area contributed by atoms with Crippen molar-refractivity contribution in [3.63, 3.8) is 0 Å². The third-order valence-electron chi connectivity index (χ3n) is 3.25. The maximum absolute atomic E-state index is 12.1. The van der Waals surface area contributed by atoms with Gasteiger partial charge in [0.15, 0.2) is 0 Å². The van der Waals surface area contributed by atoms with Gasteiger partial charge in [-0.15, -0.1) is 11.3 Å². The van der Waals surface area contributed by atoms with Crippen molar-refractivity contribution >= 4 is 23.3 Å². The SMILES string of the molecule is O=C(/C=C/c1cccs1)N1CCCN(CCO)CC1. The van der Waals surface area contributed by atoms with Crippen LogP contribution in [0.2, 0.25) is 0 Å². The Bertz CT molecular complexity index is 417. The molecule has 2 rings (SSSR count). The summed E-state index contributed by atoms with van der Waals surface area (Å²) >= 11 is 1.63. The lowest BCUT2D eigenvalue weighted by molar-refractivity contribution is -0.125. The number of carbonyl (C=O) groups excluding carboxylic acids is 1. The average Bonchev–Trinajstić information content (AvgIpc) is 2.82. The van der Waals surface area contributed by atoms with Gasteiger partial charge in [-0.1, -0.05) is 6.07 Å². The number of rotatable bonds is 4. The Balaban J connectivity index is 1.85. The van der Waals surface area contributed by atoms with Gasteiger partial charge in [-0.2, -0.15) is 0 Å². The van der Waals surface area contributed by atoms with Crippen LogP contribution in [0, 0.1) is 0 Å². The summed E-state index contributed by atoms with van der Waals surface area (Å²) < 4.78 is 0. The molecule has 19 heavy (non-hydrogen) atoms. The van der Waals surface area contributed by atoms with Crippen LogP contribution >= 0.6 is 11.3 Å². The van der Waals surface area contributed by atoms with Gasteiger partial charge in [-0.25, -0.2) is 0 Å². The van der Waals surface area contributed by atoms with Crippen LogP contribution in [-0.2, 0) is 4.79 Å². The molecule has 1 saturated heterocycles. The summed E-state index contributed by atoms with van der Waals surface area (Å²) in [6.45, 7) is 4.24. The Kier molecular flexibility index (Phi) is 5.57. The van der Waals surface area contributed by atoms with Crippen molar-refractivity contribution < 1.29 is 9.90 Å². The Labute approximate surface area is 118 Å². The Morgan fingerprint density at radius 2 is 2.26 bits per heavy atom. The van der Waals surface area contributed by atoms with Gasteiger partial charge >= 0.3 is 0 Å². The Morgan fingerprint density at radius 3 is 3.00 bits per heavy atom. The average molecular weight is 280 g/mol. The van der Waals surface area contributed by atoms with Gasteiger partial charge in [-0.05, 0) is 30.5 Å². The molecule has 1 amide bonds. The van der Waals surface area contributed by atoms with Crippen LogP contribution in [0.15, 0.2) is 23.6 Å². The smallest absolute Gasteiger partial charge is 0.246 e. The lowest BCUT2D eigenvalue weighted by Gasteiger charge is -2.20. The van der Waals surface area contributed by atoms with Crippen LogP contribution in [0.25, 0.3) is 6.08 Å². The second kappa shape index (κ2) is 7.43. The first kappa shape index (κ1) is 14.2. The highest BCUT2D eigenvalue weighted by Crippen LogP contribution is 2.11. The van der Waals surface area contributed by atoms with Crippen LogP contribution < -0.4 is 0 Å². The van der Waals surface area contributed by atoms with E-state index in [4.69, 9.17) is 5.11 Å². The molecule has 1 aromatic heterocycles. The molecule has 4 nitrogen and oxygen atoms in total. The van der Waals surface area contributed by atoms with Crippen molar-refractivity contribution in [1.82, 2.24) is 9.80 Å². The third-order valence-corrected chi connectivity index (χ3v) is 4.09. The highest BCUT2D eigenvalue weighted by atomic mass is 32.1. The van der Waals surface area contributed by atoms with Crippen molar-refractivity contribution in [1.29, 1.82) is 0 Å². The van der Waals surface area contributed by atoms with E-state index in [0.717, 1.165) is 37.5 Å². The predicted octanol–water partition coefficient (Wildman–Crippen LogP) is 1.29. The first-order chi connectivity index (χ1) is 9.29. The van der Waals surface area contributed by atoms with Crippen molar-refractivity contribution in [2.24, 2.45) is 0 Å². The topological polar surface area (TPSA) is 43.8 Å². The molecule has 1 fully saturated rings. The number of hydrogen-bond donors (Lipinski definition) is 1. The van der Waals surface area contributed by atoms with Gasteiger partial charge in [0, 0.05) is 37.1 Å². The van der Waals surface area contributed by atoms with E-state index in [1.54, 1.807) is 17.4 Å². The summed E-state index contributed by atoms with van der Waals surface area (Å²) in [5.41, 5.74) is 0. The second-order valence-corrected chi connectivity index (χ2v) is 5.57. The summed E-state index contributed by atoms with van der Waals surface area (Å²) in [5, 5.41) is 10.9. The molecule has 0 radical (unpaired) electrons. The molecule has 0 saturated carbocycles. The number of β-amino-alcohol motifs (C(OH)–C–C–N with tert-alkyl or cyclic N) is 1. The van der Waals surface area contributed by atoms with E-state index in [2.05, 4.69) is 4.90 Å². The fourth-order valence-corrected chi connectivity index (χ4v) is 2.82. The van der Waals surface area contributed by atoms with E-state index in [1.807, 2.05) is 28.5 Å². The number of aliphatic hydroxyl groups excluding tert-OH is 1. The first-order valence-corrected chi connectivity index (χ1v) is 7.51. The van der Waals surface area contributed by atoms with Crippen molar-refractivity contribution in [3.05, 3.63) is 28.5 Å². The fourth-order valence-electron chi connectivity index (χ4n) is 2.20. The van der Waals surface area contributed by atoms with Gasteiger partial charge in [0.05, 0.1) is 6.61 Å². The molecule has 0 bridgehead atoms. The van der Waals surface area contributed by atoms with Crippen LogP contribution in [0.4, 0.5) is 0 Å². The highest BCUT2D eigenvalue weighted by molar-refractivity contribution is 7.10. The molecule has 0 aliphatic carbocycles. The van der Waals surface area contributed by atoms with Crippen molar-refractivity contribution in [2.75, 3.05) is 39.3 Å². The van der Waals surface area contributed by atoms with Crippen molar-refractivity contribution in [3.8, 4) is 0 Å². The van der Waals surface area contributed by atoms with Gasteiger partial charge in [0.2, 0.25) is 5.91 Å². The zero-order valence-corrected chi connectivity index (χ0v) is 11.8. The molecular formula is C14H20N2O2S. The lowest BCUT2D eigenvalue weighted by Crippen LogP contribution is -2.35. The van der Waals surface area contributed by atoms with Gasteiger partial charge in [-0.3, -0.25) is 9.69 Å². The van der Waals surface area contributed by atoms with Crippen LogP contribution in [0.1, 0.15) is 11.3 Å². The fraction of sp³-hybridized carbons (Fsp3) is 0.500. The first-order valence-electron chi connectivity index (χ1n) is 6.63. The summed E-state index contributed by atoms with van der Waals surface area (Å²) in [7, 11) is 0. The summed E-state index contributed by atoms with van der Waals surface area (Å²) in [5.74, 6) is 0.0826. The molecule has 5 heteroatoms. The molecule has 1 aliphatic rings. The largest absolute Gasteiger partial charge is 0.395 e. The maximum atomic E-state index is 12.1. The molecule has 1 N–H and O–H groups in total. The number of nitrogens with zero attached hydrogens (tertiary/aromatic N) is 2. The number of aliphatic hydroxyl groups is 1. The van der Waals surface area contributed by atoms with E-state index < -0.39 is 0 Å². The summed E-state index contributed by atoms with van der Waals surface area (Å²) in [6.07, 6.45) is 4.51. The third kappa shape index (κ3) is 4.45. The summed E-state index contributed by atoms with van der Waals surface area (Å²) in [4.78, 5) is 17.3. The molecule has 1 aromatic rings. The molecule has 0 spiro atoms. The monoisotopic (exact) mass is 280 g/mol. The minimum absolute atomic E-state index is 0.0826. The number of thiophene rings is 1. The highest BCUT2D eigenvalue weighted by Gasteiger charge is 2.16. The quantitative estimate of drug-likeness (QED) is 0.845. The minimum Gasteiger partial charge on any atom is -0.395 e. The van der Waals surface area contributed by atoms with E-state index in [-0.39, 0.29) is 12.5 Å². The van der Waals surface area contributed by atoms with Crippen LogP contribution in [0.5, 0.6) is 0 Å². The molecule has 1 aliphatic heterocycles. The molecule has 104 valence electrons. The molecule has 0 atom stereocenters. The van der Waals surface area contributed by atoms with Crippen LogP contribution in [-0.4, -0.2) is 60.1 Å². The standard InChI is InChI=1S/C14H20N2O2S/c17-11-10-15-6-2-7-16(9-8-15)14(18)5-4-13-3-1-12-19-13/h1,3-5,12,17H,2,6-11H2/b5-4+. The minimum atomic E-state index is 0.0826. The Morgan fingerprint density at radius 1 is 1.37 bits per heavy atom. The van der Waals surface area contributed by atoms with Gasteiger partial charge < -0.3 is 10.0 Å². The maximum Gasteiger partial charge on any atom is 0.246 e.